The third kappa shape index (κ3) is 8.55. The van der Waals surface area contributed by atoms with Crippen molar-refractivity contribution in [1.82, 2.24) is 5.32 Å². The molecule has 0 aromatic carbocycles. The number of nitrogens with two attached hydrogens (primary N) is 1. The SMILES string of the molecule is C/C=C\CC(C/C=C\NC=O)OC(N)=O. The zero-order chi connectivity index (χ0) is 11.5. The Morgan fingerprint density at radius 1 is 1.47 bits per heavy atom. The van der Waals surface area contributed by atoms with Crippen LogP contribution < -0.4 is 11.1 Å². The van der Waals surface area contributed by atoms with E-state index in [0.717, 1.165) is 0 Å². The van der Waals surface area contributed by atoms with Crippen molar-refractivity contribution in [2.24, 2.45) is 5.73 Å². The van der Waals surface area contributed by atoms with E-state index in [-0.39, 0.29) is 6.10 Å². The highest BCUT2D eigenvalue weighted by Crippen LogP contribution is 2.05. The maximum absolute atomic E-state index is 10.5. The van der Waals surface area contributed by atoms with E-state index in [0.29, 0.717) is 19.3 Å². The van der Waals surface area contributed by atoms with E-state index >= 15 is 0 Å². The van der Waals surface area contributed by atoms with Gasteiger partial charge in [0.1, 0.15) is 6.10 Å². The molecule has 0 saturated carbocycles. The van der Waals surface area contributed by atoms with Gasteiger partial charge in [-0.1, -0.05) is 18.2 Å². The molecule has 2 amide bonds. The number of carbonyl (C=O) groups excluding carboxylic acids is 2. The molecular formula is C10H16N2O3. The van der Waals surface area contributed by atoms with Crippen LogP contribution >= 0.6 is 0 Å². The molecule has 5 nitrogen and oxygen atoms in total. The van der Waals surface area contributed by atoms with Gasteiger partial charge in [-0.3, -0.25) is 4.79 Å². The van der Waals surface area contributed by atoms with Gasteiger partial charge in [0.05, 0.1) is 0 Å². The van der Waals surface area contributed by atoms with Crippen molar-refractivity contribution in [3.8, 4) is 0 Å². The summed E-state index contributed by atoms with van der Waals surface area (Å²) in [5.74, 6) is 0. The zero-order valence-electron chi connectivity index (χ0n) is 8.68. The Balaban J connectivity index is 3.99. The lowest BCUT2D eigenvalue weighted by atomic mass is 10.2. The number of nitrogens with one attached hydrogen (secondary N) is 1. The fourth-order valence-electron chi connectivity index (χ4n) is 0.972. The molecule has 3 N–H and O–H groups in total. The van der Waals surface area contributed by atoms with Crippen molar-refractivity contribution in [1.29, 1.82) is 0 Å². The highest BCUT2D eigenvalue weighted by molar-refractivity contribution is 5.64. The van der Waals surface area contributed by atoms with Gasteiger partial charge in [0.2, 0.25) is 6.41 Å². The quantitative estimate of drug-likeness (QED) is 0.489. The molecule has 1 unspecified atom stereocenters. The van der Waals surface area contributed by atoms with Crippen LogP contribution in [0.4, 0.5) is 4.79 Å². The van der Waals surface area contributed by atoms with Gasteiger partial charge in [-0.25, -0.2) is 4.79 Å². The van der Waals surface area contributed by atoms with Gasteiger partial charge < -0.3 is 15.8 Å². The van der Waals surface area contributed by atoms with E-state index in [4.69, 9.17) is 10.5 Å². The Kier molecular flexibility index (Phi) is 7.76. The van der Waals surface area contributed by atoms with Gasteiger partial charge >= 0.3 is 6.09 Å². The number of rotatable bonds is 7. The maximum Gasteiger partial charge on any atom is 0.404 e. The first-order valence-corrected chi connectivity index (χ1v) is 4.62. The van der Waals surface area contributed by atoms with Gasteiger partial charge in [-0.2, -0.15) is 0 Å². The van der Waals surface area contributed by atoms with E-state index in [1.807, 2.05) is 19.1 Å². The van der Waals surface area contributed by atoms with Crippen molar-refractivity contribution in [2.75, 3.05) is 0 Å². The molecule has 84 valence electrons. The van der Waals surface area contributed by atoms with Crippen molar-refractivity contribution in [2.45, 2.75) is 25.9 Å². The lowest BCUT2D eigenvalue weighted by Gasteiger charge is -2.12. The van der Waals surface area contributed by atoms with Crippen LogP contribution in [0.5, 0.6) is 0 Å². The van der Waals surface area contributed by atoms with Crippen LogP contribution in [0.15, 0.2) is 24.4 Å². The minimum absolute atomic E-state index is 0.289. The monoisotopic (exact) mass is 212 g/mol. The molecule has 0 aliphatic carbocycles. The molecule has 0 spiro atoms. The Labute approximate surface area is 89.0 Å². The third-order valence-electron chi connectivity index (χ3n) is 1.60. The zero-order valence-corrected chi connectivity index (χ0v) is 8.68. The molecule has 0 radical (unpaired) electrons. The smallest absolute Gasteiger partial charge is 0.404 e. The van der Waals surface area contributed by atoms with Crippen molar-refractivity contribution in [3.05, 3.63) is 24.4 Å². The summed E-state index contributed by atoms with van der Waals surface area (Å²) in [6, 6.07) is 0. The summed E-state index contributed by atoms with van der Waals surface area (Å²) < 4.78 is 4.85. The summed E-state index contributed by atoms with van der Waals surface area (Å²) in [5, 5.41) is 2.36. The van der Waals surface area contributed by atoms with Crippen LogP contribution in [0.3, 0.4) is 0 Å². The molecule has 0 aliphatic heterocycles. The number of hydrogen-bond acceptors (Lipinski definition) is 3. The van der Waals surface area contributed by atoms with Crippen LogP contribution in [-0.2, 0) is 9.53 Å². The molecule has 0 heterocycles. The average Bonchev–Trinajstić information content (AvgIpc) is 2.19. The molecular weight excluding hydrogens is 196 g/mol. The molecule has 15 heavy (non-hydrogen) atoms. The maximum atomic E-state index is 10.5. The second-order valence-electron chi connectivity index (χ2n) is 2.79. The fraction of sp³-hybridized carbons (Fsp3) is 0.400. The Morgan fingerprint density at radius 3 is 2.67 bits per heavy atom. The van der Waals surface area contributed by atoms with Gasteiger partial charge in [0, 0.05) is 12.8 Å². The molecule has 1 atom stereocenters. The van der Waals surface area contributed by atoms with Gasteiger partial charge in [-0.05, 0) is 13.1 Å². The molecule has 0 saturated heterocycles. The van der Waals surface area contributed by atoms with E-state index in [2.05, 4.69) is 5.32 Å². The fourth-order valence-corrected chi connectivity index (χ4v) is 0.972. The van der Waals surface area contributed by atoms with Crippen molar-refractivity contribution >= 4 is 12.5 Å². The minimum Gasteiger partial charge on any atom is -0.446 e. The summed E-state index contributed by atoms with van der Waals surface area (Å²) in [7, 11) is 0. The molecule has 0 aliphatic rings. The normalized spacial score (nSPS) is 12.9. The first kappa shape index (κ1) is 13.2. The average molecular weight is 212 g/mol. The molecule has 5 heteroatoms. The number of carbonyl (C=O) groups is 2. The second-order valence-corrected chi connectivity index (χ2v) is 2.79. The molecule has 0 aromatic rings. The van der Waals surface area contributed by atoms with Crippen LogP contribution in [-0.4, -0.2) is 18.6 Å². The van der Waals surface area contributed by atoms with Gasteiger partial charge in [0.25, 0.3) is 0 Å². The Morgan fingerprint density at radius 2 is 2.13 bits per heavy atom. The topological polar surface area (TPSA) is 81.4 Å². The lowest BCUT2D eigenvalue weighted by molar-refractivity contribution is -0.108. The van der Waals surface area contributed by atoms with E-state index in [1.165, 1.54) is 6.20 Å². The highest BCUT2D eigenvalue weighted by atomic mass is 16.6. The predicted molar refractivity (Wildman–Crippen MR) is 56.8 cm³/mol. The third-order valence-corrected chi connectivity index (χ3v) is 1.60. The molecule has 0 fully saturated rings. The molecule has 0 aromatic heterocycles. The summed E-state index contributed by atoms with van der Waals surface area (Å²) in [5.41, 5.74) is 4.91. The first-order chi connectivity index (χ1) is 7.20. The van der Waals surface area contributed by atoms with Gasteiger partial charge in [-0.15, -0.1) is 0 Å². The number of amides is 2. The van der Waals surface area contributed by atoms with Crippen LogP contribution in [0.25, 0.3) is 0 Å². The highest BCUT2D eigenvalue weighted by Gasteiger charge is 2.08. The molecule has 0 rings (SSSR count). The number of primary amides is 1. The molecule has 0 bridgehead atoms. The number of ether oxygens (including phenoxy) is 1. The minimum atomic E-state index is -0.791. The Hall–Kier alpha value is -1.78. The standard InChI is InChI=1S/C10H16N2O3/c1-2-3-5-9(15-10(11)14)6-4-7-12-8-13/h2-4,7-9H,5-6H2,1H3,(H2,11,14)(H,12,13)/b3-2-,7-4-. The first-order valence-electron chi connectivity index (χ1n) is 4.62. The summed E-state index contributed by atoms with van der Waals surface area (Å²) >= 11 is 0. The largest absolute Gasteiger partial charge is 0.446 e. The van der Waals surface area contributed by atoms with E-state index < -0.39 is 6.09 Å². The lowest BCUT2D eigenvalue weighted by Crippen LogP contribution is -2.22. The Bertz CT molecular complexity index is 249. The summed E-state index contributed by atoms with van der Waals surface area (Å²) in [4.78, 5) is 20.5. The van der Waals surface area contributed by atoms with E-state index in [9.17, 15) is 9.59 Å². The second kappa shape index (κ2) is 8.80. The van der Waals surface area contributed by atoms with Crippen molar-refractivity contribution < 1.29 is 14.3 Å². The van der Waals surface area contributed by atoms with Crippen molar-refractivity contribution in [3.63, 3.8) is 0 Å². The van der Waals surface area contributed by atoms with E-state index in [1.54, 1.807) is 6.08 Å². The number of hydrogen-bond donors (Lipinski definition) is 2. The predicted octanol–water partition coefficient (Wildman–Crippen LogP) is 1.07. The summed E-state index contributed by atoms with van der Waals surface area (Å²) in [6.07, 6.45) is 7.53. The number of allylic oxidation sites excluding steroid dienone is 1. The van der Waals surface area contributed by atoms with Crippen LogP contribution in [0.2, 0.25) is 0 Å². The van der Waals surface area contributed by atoms with Gasteiger partial charge in [0.15, 0.2) is 0 Å². The van der Waals surface area contributed by atoms with Crippen LogP contribution in [0.1, 0.15) is 19.8 Å². The van der Waals surface area contributed by atoms with Crippen LogP contribution in [0, 0.1) is 0 Å². The summed E-state index contributed by atoms with van der Waals surface area (Å²) in [6.45, 7) is 1.88.